The zero-order valence-electron chi connectivity index (χ0n) is 13.4. The van der Waals surface area contributed by atoms with Gasteiger partial charge < -0.3 is 10.6 Å². The van der Waals surface area contributed by atoms with Gasteiger partial charge in [-0.3, -0.25) is 10.1 Å². The number of hydrogen-bond acceptors (Lipinski definition) is 5. The van der Waals surface area contributed by atoms with Crippen LogP contribution in [0.3, 0.4) is 0 Å². The lowest BCUT2D eigenvalue weighted by Crippen LogP contribution is -2.28. The van der Waals surface area contributed by atoms with E-state index in [0.29, 0.717) is 21.3 Å². The van der Waals surface area contributed by atoms with Gasteiger partial charge in [0.2, 0.25) is 0 Å². The van der Waals surface area contributed by atoms with Crippen LogP contribution in [0, 0.1) is 10.1 Å². The maximum Gasteiger partial charge on any atom is 0.416 e. The fourth-order valence-corrected chi connectivity index (χ4v) is 3.12. The number of amides is 2. The van der Waals surface area contributed by atoms with Crippen LogP contribution < -0.4 is 10.6 Å². The molecule has 0 aliphatic rings. The molecule has 0 spiro atoms. The van der Waals surface area contributed by atoms with Crippen molar-refractivity contribution in [2.24, 2.45) is 0 Å². The Morgan fingerprint density at radius 3 is 2.52 bits per heavy atom. The Bertz CT molecular complexity index is 1000. The smallest absolute Gasteiger partial charge is 0.334 e. The minimum absolute atomic E-state index is 0.0159. The number of hydrogen-bond donors (Lipinski definition) is 2. The molecule has 0 saturated heterocycles. The maximum atomic E-state index is 12.5. The molecule has 0 aliphatic carbocycles. The zero-order chi connectivity index (χ0) is 19.6. The van der Waals surface area contributed by atoms with Gasteiger partial charge in [0.1, 0.15) is 4.70 Å². The standard InChI is InChI=1S/C16H11F3N4O3S/c17-16(18,19)10-3-1-9(2-4-10)7-20-15(24)22-12-5-6-13(23(25)26)14-11(12)8-21-27-14/h1-6,8H,7H2,(H2,20,22,24). The number of non-ortho nitro benzene ring substituents is 1. The molecule has 140 valence electrons. The van der Waals surface area contributed by atoms with Crippen molar-refractivity contribution in [3.63, 3.8) is 0 Å². The monoisotopic (exact) mass is 396 g/mol. The summed E-state index contributed by atoms with van der Waals surface area (Å²) in [5, 5.41) is 16.5. The van der Waals surface area contributed by atoms with Gasteiger partial charge in [0.05, 0.1) is 22.4 Å². The Morgan fingerprint density at radius 2 is 1.89 bits per heavy atom. The number of rotatable bonds is 4. The second-order valence-electron chi connectivity index (χ2n) is 5.46. The number of nitro groups is 1. The van der Waals surface area contributed by atoms with Crippen LogP contribution in [-0.2, 0) is 12.7 Å². The molecule has 7 nitrogen and oxygen atoms in total. The van der Waals surface area contributed by atoms with Crippen LogP contribution in [0.25, 0.3) is 10.1 Å². The van der Waals surface area contributed by atoms with Crippen molar-refractivity contribution >= 4 is 39.0 Å². The van der Waals surface area contributed by atoms with E-state index in [1.54, 1.807) is 0 Å². The van der Waals surface area contributed by atoms with E-state index < -0.39 is 22.7 Å². The number of alkyl halides is 3. The number of fused-ring (bicyclic) bond motifs is 1. The Hall–Kier alpha value is -3.21. The number of halogens is 3. The molecular weight excluding hydrogens is 385 g/mol. The topological polar surface area (TPSA) is 97.2 Å². The van der Waals surface area contributed by atoms with E-state index in [-0.39, 0.29) is 12.2 Å². The first kappa shape index (κ1) is 18.6. The van der Waals surface area contributed by atoms with Gasteiger partial charge in [0, 0.05) is 18.0 Å². The summed E-state index contributed by atoms with van der Waals surface area (Å²) in [4.78, 5) is 22.5. The molecule has 0 unspecified atom stereocenters. The predicted octanol–water partition coefficient (Wildman–Crippen LogP) is 4.55. The van der Waals surface area contributed by atoms with E-state index in [2.05, 4.69) is 15.0 Å². The van der Waals surface area contributed by atoms with Crippen LogP contribution in [-0.4, -0.2) is 15.3 Å². The van der Waals surface area contributed by atoms with Crippen LogP contribution in [0.4, 0.5) is 29.3 Å². The Morgan fingerprint density at radius 1 is 1.19 bits per heavy atom. The molecule has 1 heterocycles. The molecule has 0 radical (unpaired) electrons. The van der Waals surface area contributed by atoms with Gasteiger partial charge in [-0.1, -0.05) is 12.1 Å². The van der Waals surface area contributed by atoms with E-state index in [4.69, 9.17) is 0 Å². The van der Waals surface area contributed by atoms with Crippen molar-refractivity contribution < 1.29 is 22.9 Å². The number of urea groups is 1. The molecule has 11 heteroatoms. The molecule has 2 aromatic carbocycles. The van der Waals surface area contributed by atoms with Crippen LogP contribution in [0.5, 0.6) is 0 Å². The number of anilines is 1. The van der Waals surface area contributed by atoms with E-state index in [9.17, 15) is 28.1 Å². The number of nitrogens with zero attached hydrogens (tertiary/aromatic N) is 2. The van der Waals surface area contributed by atoms with Crippen LogP contribution in [0.2, 0.25) is 0 Å². The molecule has 2 N–H and O–H groups in total. The van der Waals surface area contributed by atoms with E-state index >= 15 is 0 Å². The van der Waals surface area contributed by atoms with Crippen molar-refractivity contribution in [3.8, 4) is 0 Å². The SMILES string of the molecule is O=C(NCc1ccc(C(F)(F)F)cc1)Nc1ccc([N+](=O)[O-])c2sncc12. The second-order valence-corrected chi connectivity index (χ2v) is 6.26. The highest BCUT2D eigenvalue weighted by atomic mass is 32.1. The average molecular weight is 396 g/mol. The zero-order valence-corrected chi connectivity index (χ0v) is 14.2. The first-order valence-corrected chi connectivity index (χ1v) is 8.26. The quantitative estimate of drug-likeness (QED) is 0.500. The molecule has 0 saturated carbocycles. The minimum atomic E-state index is -4.42. The van der Waals surface area contributed by atoms with Crippen molar-refractivity contribution in [2.45, 2.75) is 12.7 Å². The van der Waals surface area contributed by atoms with Gasteiger partial charge in [-0.2, -0.15) is 17.5 Å². The molecule has 3 rings (SSSR count). The highest BCUT2D eigenvalue weighted by molar-refractivity contribution is 7.14. The summed E-state index contributed by atoms with van der Waals surface area (Å²) in [5.74, 6) is 0. The molecule has 0 fully saturated rings. The highest BCUT2D eigenvalue weighted by Crippen LogP contribution is 2.34. The van der Waals surface area contributed by atoms with Gasteiger partial charge in [-0.05, 0) is 35.3 Å². The summed E-state index contributed by atoms with van der Waals surface area (Å²) in [6, 6.07) is 6.48. The van der Waals surface area contributed by atoms with Crippen molar-refractivity contribution in [2.75, 3.05) is 5.32 Å². The van der Waals surface area contributed by atoms with E-state index in [0.717, 1.165) is 23.7 Å². The van der Waals surface area contributed by atoms with Crippen molar-refractivity contribution in [3.05, 3.63) is 63.8 Å². The minimum Gasteiger partial charge on any atom is -0.334 e. The number of nitrogens with one attached hydrogen (secondary N) is 2. The maximum absolute atomic E-state index is 12.5. The van der Waals surface area contributed by atoms with Crippen LogP contribution in [0.1, 0.15) is 11.1 Å². The summed E-state index contributed by atoms with van der Waals surface area (Å²) in [5.41, 5.74) is -0.0457. The third-order valence-corrected chi connectivity index (χ3v) is 4.50. The number of carbonyl (C=O) groups is 1. The van der Waals surface area contributed by atoms with E-state index in [1.807, 2.05) is 0 Å². The lowest BCUT2D eigenvalue weighted by molar-refractivity contribution is -0.382. The average Bonchev–Trinajstić information content (AvgIpc) is 3.09. The number of benzene rings is 2. The summed E-state index contributed by atoms with van der Waals surface area (Å²) < 4.78 is 41.8. The third kappa shape index (κ3) is 4.14. The molecular formula is C16H11F3N4O3S. The number of aromatic nitrogens is 1. The molecule has 2 amide bonds. The van der Waals surface area contributed by atoms with Crippen LogP contribution in [0.15, 0.2) is 42.6 Å². The van der Waals surface area contributed by atoms with Gasteiger partial charge in [0.15, 0.2) is 0 Å². The van der Waals surface area contributed by atoms with Gasteiger partial charge in [-0.25, -0.2) is 4.79 Å². The Labute approximate surface area is 154 Å². The molecule has 0 bridgehead atoms. The van der Waals surface area contributed by atoms with Crippen LogP contribution >= 0.6 is 11.5 Å². The fraction of sp³-hybridized carbons (Fsp3) is 0.125. The second kappa shape index (κ2) is 7.19. The molecule has 3 aromatic rings. The lowest BCUT2D eigenvalue weighted by atomic mass is 10.1. The van der Waals surface area contributed by atoms with Gasteiger partial charge in [-0.15, -0.1) is 0 Å². The molecule has 27 heavy (non-hydrogen) atoms. The Balaban J connectivity index is 1.66. The molecule has 0 atom stereocenters. The highest BCUT2D eigenvalue weighted by Gasteiger charge is 2.29. The third-order valence-electron chi connectivity index (χ3n) is 3.68. The van der Waals surface area contributed by atoms with Gasteiger partial charge >= 0.3 is 12.2 Å². The summed E-state index contributed by atoms with van der Waals surface area (Å²) in [7, 11) is 0. The van der Waals surface area contributed by atoms with E-state index in [1.165, 1.54) is 30.5 Å². The van der Waals surface area contributed by atoms with Crippen molar-refractivity contribution in [1.29, 1.82) is 0 Å². The first-order valence-electron chi connectivity index (χ1n) is 7.48. The first-order chi connectivity index (χ1) is 12.8. The molecule has 1 aromatic heterocycles. The van der Waals surface area contributed by atoms with Gasteiger partial charge in [0.25, 0.3) is 5.69 Å². The largest absolute Gasteiger partial charge is 0.416 e. The summed E-state index contributed by atoms with van der Waals surface area (Å²) in [6.45, 7) is 0.0159. The molecule has 0 aliphatic heterocycles. The fourth-order valence-electron chi connectivity index (χ4n) is 2.36. The summed E-state index contributed by atoms with van der Waals surface area (Å²) in [6.07, 6.45) is -3.00. The lowest BCUT2D eigenvalue weighted by Gasteiger charge is -2.10. The number of carbonyl (C=O) groups excluding carboxylic acids is 1. The number of nitro benzene ring substituents is 1. The summed E-state index contributed by atoms with van der Waals surface area (Å²) >= 11 is 0.942. The Kier molecular flexibility index (Phi) is 4.95. The van der Waals surface area contributed by atoms with Crippen molar-refractivity contribution in [1.82, 2.24) is 9.69 Å². The predicted molar refractivity (Wildman–Crippen MR) is 93.6 cm³/mol. The normalized spacial score (nSPS) is 11.4.